The van der Waals surface area contributed by atoms with Crippen molar-refractivity contribution in [3.05, 3.63) is 22.7 Å². The number of halogens is 3. The number of thiazole rings is 1. The van der Waals surface area contributed by atoms with Crippen LogP contribution in [-0.2, 0) is 10.9 Å². The first kappa shape index (κ1) is 19.1. The van der Waals surface area contributed by atoms with Gasteiger partial charge < -0.3 is 15.0 Å². The second-order valence-electron chi connectivity index (χ2n) is 6.25. The molecule has 2 aliphatic heterocycles. The average Bonchev–Trinajstić information content (AvgIpc) is 3.09. The van der Waals surface area contributed by atoms with Gasteiger partial charge in [-0.1, -0.05) is 17.4 Å². The van der Waals surface area contributed by atoms with Crippen LogP contribution in [0.3, 0.4) is 0 Å². The SMILES string of the molecule is COC1C=CC(NC(=O)c2sc(N3CCCCC3)nc2C(F)(F)F)CN1. The van der Waals surface area contributed by atoms with E-state index in [9.17, 15) is 18.0 Å². The van der Waals surface area contributed by atoms with Gasteiger partial charge in [0.2, 0.25) is 0 Å². The summed E-state index contributed by atoms with van der Waals surface area (Å²) in [7, 11) is 1.54. The number of rotatable bonds is 4. The fraction of sp³-hybridized carbons (Fsp3) is 0.625. The van der Waals surface area contributed by atoms with E-state index in [-0.39, 0.29) is 16.2 Å². The number of amides is 1. The number of hydrogen-bond donors (Lipinski definition) is 2. The maximum absolute atomic E-state index is 13.4. The van der Waals surface area contributed by atoms with E-state index in [0.29, 0.717) is 19.6 Å². The Morgan fingerprint density at radius 3 is 2.65 bits per heavy atom. The number of methoxy groups -OCH3 is 1. The summed E-state index contributed by atoms with van der Waals surface area (Å²) in [5.74, 6) is -0.759. The number of carbonyl (C=O) groups excluding carboxylic acids is 1. The van der Waals surface area contributed by atoms with E-state index in [4.69, 9.17) is 4.74 Å². The van der Waals surface area contributed by atoms with E-state index >= 15 is 0 Å². The highest BCUT2D eigenvalue weighted by Gasteiger charge is 2.40. The third-order valence-corrected chi connectivity index (χ3v) is 5.46. The first-order chi connectivity index (χ1) is 12.4. The Kier molecular flexibility index (Phi) is 5.83. The van der Waals surface area contributed by atoms with Crippen molar-refractivity contribution in [2.45, 2.75) is 37.7 Å². The molecular weight excluding hydrogens is 369 g/mol. The number of nitrogens with one attached hydrogen (secondary N) is 2. The van der Waals surface area contributed by atoms with Gasteiger partial charge in [0.15, 0.2) is 10.8 Å². The quantitative estimate of drug-likeness (QED) is 0.773. The zero-order chi connectivity index (χ0) is 18.7. The number of aromatic nitrogens is 1. The molecule has 1 aromatic rings. The summed E-state index contributed by atoms with van der Waals surface area (Å²) in [5, 5.41) is 5.89. The average molecular weight is 390 g/mol. The Morgan fingerprint density at radius 2 is 2.08 bits per heavy atom. The van der Waals surface area contributed by atoms with Gasteiger partial charge in [0.1, 0.15) is 11.1 Å². The van der Waals surface area contributed by atoms with Crippen LogP contribution in [0.1, 0.15) is 34.6 Å². The molecular formula is C16H21F3N4O2S. The van der Waals surface area contributed by atoms with Crippen LogP contribution in [-0.4, -0.2) is 49.9 Å². The van der Waals surface area contributed by atoms with E-state index in [1.807, 2.05) is 4.90 Å². The summed E-state index contributed by atoms with van der Waals surface area (Å²) in [6.45, 7) is 1.71. The van der Waals surface area contributed by atoms with Crippen molar-refractivity contribution in [3.8, 4) is 0 Å². The van der Waals surface area contributed by atoms with E-state index in [0.717, 1.165) is 30.6 Å². The number of alkyl halides is 3. The lowest BCUT2D eigenvalue weighted by Gasteiger charge is -2.25. The molecule has 6 nitrogen and oxygen atoms in total. The van der Waals surface area contributed by atoms with Gasteiger partial charge in [0.25, 0.3) is 5.91 Å². The van der Waals surface area contributed by atoms with Gasteiger partial charge in [0, 0.05) is 26.7 Å². The lowest BCUT2D eigenvalue weighted by atomic mass is 10.1. The van der Waals surface area contributed by atoms with E-state index in [2.05, 4.69) is 15.6 Å². The van der Waals surface area contributed by atoms with Crippen molar-refractivity contribution in [2.75, 3.05) is 31.6 Å². The highest BCUT2D eigenvalue weighted by Crippen LogP contribution is 2.38. The van der Waals surface area contributed by atoms with Crippen LogP contribution in [0.4, 0.5) is 18.3 Å². The number of nitrogens with zero attached hydrogens (tertiary/aromatic N) is 2. The Morgan fingerprint density at radius 1 is 1.35 bits per heavy atom. The lowest BCUT2D eigenvalue weighted by Crippen LogP contribution is -2.47. The summed E-state index contributed by atoms with van der Waals surface area (Å²) >= 11 is 0.808. The van der Waals surface area contributed by atoms with Crippen molar-refractivity contribution >= 4 is 22.4 Å². The normalized spacial score (nSPS) is 23.9. The molecule has 1 fully saturated rings. The van der Waals surface area contributed by atoms with Gasteiger partial charge >= 0.3 is 6.18 Å². The summed E-state index contributed by atoms with van der Waals surface area (Å²) < 4.78 is 45.2. The van der Waals surface area contributed by atoms with Gasteiger partial charge in [0.05, 0.1) is 6.04 Å². The van der Waals surface area contributed by atoms with Crippen LogP contribution < -0.4 is 15.5 Å². The predicted molar refractivity (Wildman–Crippen MR) is 92.4 cm³/mol. The summed E-state index contributed by atoms with van der Waals surface area (Å²) in [5.41, 5.74) is -1.11. The molecule has 2 N–H and O–H groups in total. The molecule has 0 radical (unpaired) electrons. The number of carbonyl (C=O) groups is 1. The van der Waals surface area contributed by atoms with Crippen LogP contribution in [0.2, 0.25) is 0 Å². The molecule has 10 heteroatoms. The molecule has 2 atom stereocenters. The molecule has 3 heterocycles. The smallest absolute Gasteiger partial charge is 0.363 e. The Labute approximate surface area is 153 Å². The van der Waals surface area contributed by atoms with Crippen LogP contribution in [0.15, 0.2) is 12.2 Å². The number of ether oxygens (including phenoxy) is 1. The highest BCUT2D eigenvalue weighted by molar-refractivity contribution is 7.17. The van der Waals surface area contributed by atoms with Crippen LogP contribution in [0.5, 0.6) is 0 Å². The van der Waals surface area contributed by atoms with Crippen LogP contribution >= 0.6 is 11.3 Å². The van der Waals surface area contributed by atoms with E-state index < -0.39 is 23.8 Å². The summed E-state index contributed by atoms with van der Waals surface area (Å²) in [6, 6.07) is -0.407. The number of anilines is 1. The fourth-order valence-electron chi connectivity index (χ4n) is 2.98. The van der Waals surface area contributed by atoms with Crippen molar-refractivity contribution in [1.29, 1.82) is 0 Å². The van der Waals surface area contributed by atoms with Gasteiger partial charge in [-0.05, 0) is 25.3 Å². The monoisotopic (exact) mass is 390 g/mol. The lowest BCUT2D eigenvalue weighted by molar-refractivity contribution is -0.141. The van der Waals surface area contributed by atoms with Crippen molar-refractivity contribution in [2.24, 2.45) is 0 Å². The van der Waals surface area contributed by atoms with Crippen molar-refractivity contribution in [1.82, 2.24) is 15.6 Å². The van der Waals surface area contributed by atoms with Gasteiger partial charge in [-0.2, -0.15) is 13.2 Å². The molecule has 2 unspecified atom stereocenters. The maximum atomic E-state index is 13.4. The number of piperidine rings is 1. The Bertz CT molecular complexity index is 671. The van der Waals surface area contributed by atoms with Crippen molar-refractivity contribution in [3.63, 3.8) is 0 Å². The topological polar surface area (TPSA) is 66.5 Å². The third-order valence-electron chi connectivity index (χ3n) is 4.34. The van der Waals surface area contributed by atoms with E-state index in [1.54, 1.807) is 12.2 Å². The minimum absolute atomic E-state index is 0.261. The second-order valence-corrected chi connectivity index (χ2v) is 7.23. The molecule has 1 saturated heterocycles. The molecule has 0 aliphatic carbocycles. The third kappa shape index (κ3) is 4.36. The predicted octanol–water partition coefficient (Wildman–Crippen LogP) is 2.38. The number of hydrogen-bond acceptors (Lipinski definition) is 6. The fourth-order valence-corrected chi connectivity index (χ4v) is 4.03. The highest BCUT2D eigenvalue weighted by atomic mass is 32.1. The zero-order valence-corrected chi connectivity index (χ0v) is 15.1. The largest absolute Gasteiger partial charge is 0.435 e. The van der Waals surface area contributed by atoms with Crippen LogP contribution in [0.25, 0.3) is 0 Å². The first-order valence-corrected chi connectivity index (χ1v) is 9.28. The minimum Gasteiger partial charge on any atom is -0.363 e. The van der Waals surface area contributed by atoms with Crippen molar-refractivity contribution < 1.29 is 22.7 Å². The van der Waals surface area contributed by atoms with E-state index in [1.165, 1.54) is 7.11 Å². The standard InChI is InChI=1S/C16H21F3N4O2S/c1-25-11-6-5-10(9-20-11)21-14(24)12-13(16(17,18)19)22-15(26-12)23-7-3-2-4-8-23/h5-6,10-11,20H,2-4,7-9H2,1H3,(H,21,24). The molecule has 0 bridgehead atoms. The zero-order valence-electron chi connectivity index (χ0n) is 14.3. The minimum atomic E-state index is -4.67. The summed E-state index contributed by atoms with van der Waals surface area (Å²) in [6.07, 6.45) is 1.39. The molecule has 0 saturated carbocycles. The van der Waals surface area contributed by atoms with Gasteiger partial charge in [-0.25, -0.2) is 4.98 Å². The summed E-state index contributed by atoms with van der Waals surface area (Å²) in [4.78, 5) is 17.7. The maximum Gasteiger partial charge on any atom is 0.435 e. The molecule has 1 amide bonds. The molecule has 0 spiro atoms. The Hall–Kier alpha value is -1.65. The van der Waals surface area contributed by atoms with Gasteiger partial charge in [-0.3, -0.25) is 10.1 Å². The van der Waals surface area contributed by atoms with Gasteiger partial charge in [-0.15, -0.1) is 0 Å². The Balaban J connectivity index is 1.78. The molecule has 2 aliphatic rings. The molecule has 26 heavy (non-hydrogen) atoms. The molecule has 3 rings (SSSR count). The second kappa shape index (κ2) is 7.93. The van der Waals surface area contributed by atoms with Crippen LogP contribution in [0, 0.1) is 0 Å². The molecule has 1 aromatic heterocycles. The first-order valence-electron chi connectivity index (χ1n) is 8.47. The molecule has 144 valence electrons. The molecule has 0 aromatic carbocycles.